The third kappa shape index (κ3) is 3.93. The Balaban J connectivity index is 1.81. The first-order valence-electron chi connectivity index (χ1n) is 7.94. The summed E-state index contributed by atoms with van der Waals surface area (Å²) in [4.78, 5) is 16.9. The summed E-state index contributed by atoms with van der Waals surface area (Å²) < 4.78 is 5.58. The molecular weight excluding hydrogens is 254 g/mol. The molecular formula is C15H29N3O2. The summed E-state index contributed by atoms with van der Waals surface area (Å²) in [6.07, 6.45) is 2.30. The minimum atomic E-state index is -0.157. The molecule has 2 aliphatic heterocycles. The molecule has 0 aromatic carbocycles. The lowest BCUT2D eigenvalue weighted by Gasteiger charge is -2.32. The molecule has 1 unspecified atom stereocenters. The molecule has 1 N–H and O–H groups in total. The molecule has 1 amide bonds. The normalized spacial score (nSPS) is 31.0. The van der Waals surface area contributed by atoms with E-state index in [0.29, 0.717) is 12.5 Å². The van der Waals surface area contributed by atoms with E-state index in [1.807, 2.05) is 11.8 Å². The van der Waals surface area contributed by atoms with Gasteiger partial charge in [0.05, 0.1) is 12.7 Å². The van der Waals surface area contributed by atoms with Crippen LogP contribution in [0.4, 0.5) is 0 Å². The molecule has 5 nitrogen and oxygen atoms in total. The molecule has 2 fully saturated rings. The van der Waals surface area contributed by atoms with Crippen molar-refractivity contribution in [3.63, 3.8) is 0 Å². The maximum atomic E-state index is 12.5. The number of carbonyl (C=O) groups is 1. The van der Waals surface area contributed by atoms with Gasteiger partial charge in [0.1, 0.15) is 6.04 Å². The Hall–Kier alpha value is -0.650. The molecule has 0 spiro atoms. The molecule has 20 heavy (non-hydrogen) atoms. The second-order valence-corrected chi connectivity index (χ2v) is 6.21. The van der Waals surface area contributed by atoms with E-state index in [0.717, 1.165) is 39.1 Å². The Bertz CT molecular complexity index is 324. The molecule has 0 saturated carbocycles. The molecule has 2 saturated heterocycles. The van der Waals surface area contributed by atoms with E-state index in [2.05, 4.69) is 24.2 Å². The first-order valence-corrected chi connectivity index (χ1v) is 7.94. The second kappa shape index (κ2) is 7.38. The van der Waals surface area contributed by atoms with E-state index in [4.69, 9.17) is 4.74 Å². The molecule has 0 aromatic rings. The zero-order chi connectivity index (χ0) is 14.5. The molecule has 0 radical (unpaired) electrons. The van der Waals surface area contributed by atoms with Crippen molar-refractivity contribution in [2.24, 2.45) is 5.92 Å². The summed E-state index contributed by atoms with van der Waals surface area (Å²) in [5.74, 6) is 0.841. The topological polar surface area (TPSA) is 44.8 Å². The monoisotopic (exact) mass is 283 g/mol. The van der Waals surface area contributed by atoms with Gasteiger partial charge in [-0.15, -0.1) is 0 Å². The fourth-order valence-electron chi connectivity index (χ4n) is 3.30. The number of carbonyl (C=O) groups excluding carboxylic acids is 1. The number of hydrogen-bond donors (Lipinski definition) is 1. The fraction of sp³-hybridized carbons (Fsp3) is 0.933. The van der Waals surface area contributed by atoms with E-state index in [1.54, 1.807) is 0 Å². The standard InChI is InChI=1S/C15H29N3O2/c1-4-7-17(3)10-13-5-8-18(11-13)15(19)14-12(2)20-9-6-16-14/h12-14,16H,4-11H2,1-3H3/t12-,13?,14+/m1/s1. The summed E-state index contributed by atoms with van der Waals surface area (Å²) in [6, 6.07) is -0.157. The fourth-order valence-corrected chi connectivity index (χ4v) is 3.30. The zero-order valence-corrected chi connectivity index (χ0v) is 13.1. The van der Waals surface area contributed by atoms with Crippen molar-refractivity contribution in [1.82, 2.24) is 15.1 Å². The van der Waals surface area contributed by atoms with E-state index < -0.39 is 0 Å². The average molecular weight is 283 g/mol. The lowest BCUT2D eigenvalue weighted by molar-refractivity contribution is -0.138. The van der Waals surface area contributed by atoms with Gasteiger partial charge in [-0.3, -0.25) is 4.79 Å². The van der Waals surface area contributed by atoms with Gasteiger partial charge < -0.3 is 19.9 Å². The molecule has 0 aliphatic carbocycles. The Labute approximate surface area is 122 Å². The minimum absolute atomic E-state index is 0.0157. The third-order valence-electron chi connectivity index (χ3n) is 4.36. The molecule has 3 atom stereocenters. The number of nitrogens with one attached hydrogen (secondary N) is 1. The highest BCUT2D eigenvalue weighted by Gasteiger charge is 2.35. The lowest BCUT2D eigenvalue weighted by atomic mass is 10.1. The van der Waals surface area contributed by atoms with Crippen LogP contribution in [0.15, 0.2) is 0 Å². The van der Waals surface area contributed by atoms with Gasteiger partial charge in [-0.2, -0.15) is 0 Å². The van der Waals surface area contributed by atoms with Crippen molar-refractivity contribution in [1.29, 1.82) is 0 Å². The number of nitrogens with zero attached hydrogens (tertiary/aromatic N) is 2. The largest absolute Gasteiger partial charge is 0.375 e. The number of rotatable bonds is 5. The molecule has 2 heterocycles. The number of morpholine rings is 1. The Morgan fingerprint density at radius 2 is 2.30 bits per heavy atom. The highest BCUT2D eigenvalue weighted by Crippen LogP contribution is 2.19. The van der Waals surface area contributed by atoms with Gasteiger partial charge >= 0.3 is 0 Å². The number of likely N-dealkylation sites (tertiary alicyclic amines) is 1. The average Bonchev–Trinajstić information content (AvgIpc) is 2.87. The highest BCUT2D eigenvalue weighted by molar-refractivity contribution is 5.83. The van der Waals surface area contributed by atoms with Gasteiger partial charge in [0, 0.05) is 26.2 Å². The van der Waals surface area contributed by atoms with Crippen LogP contribution >= 0.6 is 0 Å². The van der Waals surface area contributed by atoms with Crippen LogP contribution in [0.2, 0.25) is 0 Å². The van der Waals surface area contributed by atoms with Crippen LogP contribution in [0, 0.1) is 5.92 Å². The molecule has 0 aromatic heterocycles. The smallest absolute Gasteiger partial charge is 0.242 e. The predicted octanol–water partition coefficient (Wildman–Crippen LogP) is 0.554. The SMILES string of the molecule is CCCN(C)CC1CCN(C(=O)[C@H]2NCCO[C@@H]2C)C1. The molecule has 5 heteroatoms. The van der Waals surface area contributed by atoms with Crippen LogP contribution in [0.3, 0.4) is 0 Å². The minimum Gasteiger partial charge on any atom is -0.375 e. The number of hydrogen-bond acceptors (Lipinski definition) is 4. The van der Waals surface area contributed by atoms with E-state index in [9.17, 15) is 4.79 Å². The molecule has 2 rings (SSSR count). The van der Waals surface area contributed by atoms with Crippen molar-refractivity contribution in [2.45, 2.75) is 38.8 Å². The van der Waals surface area contributed by atoms with Gasteiger partial charge in [0.15, 0.2) is 0 Å². The summed E-state index contributed by atoms with van der Waals surface area (Å²) in [5.41, 5.74) is 0. The van der Waals surface area contributed by atoms with Crippen LogP contribution in [0.1, 0.15) is 26.7 Å². The van der Waals surface area contributed by atoms with E-state index >= 15 is 0 Å². The van der Waals surface area contributed by atoms with Gasteiger partial charge in [0.2, 0.25) is 5.91 Å². The maximum absolute atomic E-state index is 12.5. The van der Waals surface area contributed by atoms with Gasteiger partial charge in [-0.1, -0.05) is 6.92 Å². The highest BCUT2D eigenvalue weighted by atomic mass is 16.5. The Morgan fingerprint density at radius 3 is 3.00 bits per heavy atom. The first-order chi connectivity index (χ1) is 9.61. The lowest BCUT2D eigenvalue weighted by Crippen LogP contribution is -2.56. The van der Waals surface area contributed by atoms with Crippen molar-refractivity contribution in [3.05, 3.63) is 0 Å². The summed E-state index contributed by atoms with van der Waals surface area (Å²) in [5, 5.41) is 3.29. The summed E-state index contributed by atoms with van der Waals surface area (Å²) >= 11 is 0. The van der Waals surface area contributed by atoms with Crippen LogP contribution < -0.4 is 5.32 Å². The van der Waals surface area contributed by atoms with E-state index in [-0.39, 0.29) is 18.1 Å². The van der Waals surface area contributed by atoms with E-state index in [1.165, 1.54) is 6.42 Å². The quantitative estimate of drug-likeness (QED) is 0.800. The van der Waals surface area contributed by atoms with Gasteiger partial charge in [-0.25, -0.2) is 0 Å². The zero-order valence-electron chi connectivity index (χ0n) is 13.1. The predicted molar refractivity (Wildman–Crippen MR) is 79.7 cm³/mol. The number of amides is 1. The Kier molecular flexibility index (Phi) is 5.81. The van der Waals surface area contributed by atoms with Gasteiger partial charge in [-0.05, 0) is 39.3 Å². The van der Waals surface area contributed by atoms with Crippen molar-refractivity contribution in [2.75, 3.05) is 46.4 Å². The molecule has 2 aliphatic rings. The Morgan fingerprint density at radius 1 is 1.50 bits per heavy atom. The van der Waals surface area contributed by atoms with Crippen molar-refractivity contribution >= 4 is 5.91 Å². The first kappa shape index (κ1) is 15.7. The second-order valence-electron chi connectivity index (χ2n) is 6.21. The van der Waals surface area contributed by atoms with Crippen LogP contribution in [-0.2, 0) is 9.53 Å². The van der Waals surface area contributed by atoms with Gasteiger partial charge in [0.25, 0.3) is 0 Å². The third-order valence-corrected chi connectivity index (χ3v) is 4.36. The number of ether oxygens (including phenoxy) is 1. The van der Waals surface area contributed by atoms with Crippen molar-refractivity contribution < 1.29 is 9.53 Å². The van der Waals surface area contributed by atoms with Crippen molar-refractivity contribution in [3.8, 4) is 0 Å². The van der Waals surface area contributed by atoms with Crippen LogP contribution in [0.25, 0.3) is 0 Å². The van der Waals surface area contributed by atoms with Crippen LogP contribution in [0.5, 0.6) is 0 Å². The molecule has 0 bridgehead atoms. The molecule has 116 valence electrons. The summed E-state index contributed by atoms with van der Waals surface area (Å²) in [7, 11) is 2.17. The van der Waals surface area contributed by atoms with Crippen LogP contribution in [-0.4, -0.2) is 74.2 Å². The summed E-state index contributed by atoms with van der Waals surface area (Å²) in [6.45, 7) is 9.70. The maximum Gasteiger partial charge on any atom is 0.242 e.